The van der Waals surface area contributed by atoms with Gasteiger partial charge in [0, 0.05) is 22.9 Å². The Morgan fingerprint density at radius 2 is 1.51 bits per heavy atom. The average Bonchev–Trinajstić information content (AvgIpc) is 3.06. The van der Waals surface area contributed by atoms with E-state index >= 15 is 0 Å². The normalized spacial score (nSPS) is 11.9. The minimum Gasteiger partial charge on any atom is -0.508 e. The number of carboxylic acids is 1. The van der Waals surface area contributed by atoms with Gasteiger partial charge in [-0.05, 0) is 47.5 Å². The number of phenolic OH excluding ortho intramolecular Hbond substituents is 1. The topological polar surface area (TPSA) is 167 Å². The molecule has 47 heavy (non-hydrogen) atoms. The first-order chi connectivity index (χ1) is 22.3. The number of aromatic hydroxyl groups is 1. The molecule has 0 saturated heterocycles. The van der Waals surface area contributed by atoms with Crippen molar-refractivity contribution in [3.8, 4) is 23.3 Å². The number of carbonyl (C=O) groups excluding carboxylic acids is 2. The monoisotopic (exact) mass is 653 g/mol. The molecule has 0 radical (unpaired) electrons. The van der Waals surface area contributed by atoms with Gasteiger partial charge in [0.2, 0.25) is 5.91 Å². The number of carboxylic acid groups (broad SMARTS) is 1. The second-order valence-electron chi connectivity index (χ2n) is 9.77. The van der Waals surface area contributed by atoms with Crippen LogP contribution in [-0.4, -0.2) is 61.6 Å². The lowest BCUT2D eigenvalue weighted by atomic mass is 10.00. The number of nitriles is 1. The van der Waals surface area contributed by atoms with Gasteiger partial charge in [0.1, 0.15) is 11.8 Å². The smallest absolute Gasteiger partial charge is 0.490 e. The molecule has 4 N–H and O–H groups in total. The number of nitrogens with one attached hydrogen (secondary N) is 2. The zero-order valence-corrected chi connectivity index (χ0v) is 25.3. The molecule has 0 fully saturated rings. The third-order valence-corrected chi connectivity index (χ3v) is 6.77. The van der Waals surface area contributed by atoms with Crippen LogP contribution in [0.3, 0.4) is 0 Å². The highest BCUT2D eigenvalue weighted by atomic mass is 19.4. The summed E-state index contributed by atoms with van der Waals surface area (Å²) < 4.78 is 47.5. The molecule has 4 aromatic carbocycles. The summed E-state index contributed by atoms with van der Waals surface area (Å²) in [5.74, 6) is -2.79. The summed E-state index contributed by atoms with van der Waals surface area (Å²) in [5, 5.41) is 34.0. The Morgan fingerprint density at radius 3 is 2.06 bits per heavy atom. The lowest BCUT2D eigenvalue weighted by Crippen LogP contribution is -2.45. The molecule has 4 rings (SSSR count). The van der Waals surface area contributed by atoms with E-state index in [0.29, 0.717) is 28.3 Å². The highest BCUT2D eigenvalue weighted by molar-refractivity contribution is 5.99. The minimum atomic E-state index is -5.08. The molecule has 11 nitrogen and oxygen atoms in total. The van der Waals surface area contributed by atoms with Crippen LogP contribution in [-0.2, 0) is 25.5 Å². The molecule has 1 amide bonds. The van der Waals surface area contributed by atoms with E-state index in [1.807, 2.05) is 30.3 Å². The summed E-state index contributed by atoms with van der Waals surface area (Å²) in [7, 11) is 4.32. The first-order valence-corrected chi connectivity index (χ1v) is 13.7. The molecule has 0 heterocycles. The lowest BCUT2D eigenvalue weighted by molar-refractivity contribution is -0.192. The van der Waals surface area contributed by atoms with Crippen molar-refractivity contribution in [3.05, 3.63) is 95.6 Å². The molecular formula is C33H30F3N3O8. The van der Waals surface area contributed by atoms with E-state index in [0.717, 1.165) is 16.3 Å². The van der Waals surface area contributed by atoms with Gasteiger partial charge in [0.15, 0.2) is 17.5 Å². The van der Waals surface area contributed by atoms with Gasteiger partial charge in [-0.2, -0.15) is 18.4 Å². The fourth-order valence-corrected chi connectivity index (χ4v) is 4.47. The molecular weight excluding hydrogens is 623 g/mol. The maximum atomic E-state index is 13.8. The number of hydrogen-bond acceptors (Lipinski definition) is 9. The van der Waals surface area contributed by atoms with Gasteiger partial charge in [0.25, 0.3) is 0 Å². The SMILES string of the molecule is COC(=O)[C@@H](NC(=O)[C@H](Cc1ccc(OC)c(OC)c1)Nc1ccc(C#N)c2ccccc12)c1ccc(O)cc1.O=C(O)C(F)(F)F. The Kier molecular flexibility index (Phi) is 12.0. The van der Waals surface area contributed by atoms with Gasteiger partial charge in [0.05, 0.1) is 33.0 Å². The third-order valence-electron chi connectivity index (χ3n) is 6.77. The van der Waals surface area contributed by atoms with Crippen LogP contribution in [0.1, 0.15) is 22.7 Å². The first kappa shape index (κ1) is 35.5. The summed E-state index contributed by atoms with van der Waals surface area (Å²) in [5.41, 5.74) is 2.39. The summed E-state index contributed by atoms with van der Waals surface area (Å²) in [6.07, 6.45) is -4.86. The van der Waals surface area contributed by atoms with Crippen molar-refractivity contribution in [2.45, 2.75) is 24.7 Å². The van der Waals surface area contributed by atoms with Crippen molar-refractivity contribution in [3.63, 3.8) is 0 Å². The third kappa shape index (κ3) is 9.27. The predicted octanol–water partition coefficient (Wildman–Crippen LogP) is 5.12. The molecule has 0 bridgehead atoms. The number of benzene rings is 4. The van der Waals surface area contributed by atoms with E-state index in [-0.39, 0.29) is 12.2 Å². The molecule has 2 atom stereocenters. The zero-order chi connectivity index (χ0) is 34.7. The van der Waals surface area contributed by atoms with E-state index in [9.17, 15) is 33.1 Å². The number of fused-ring (bicyclic) bond motifs is 1. The van der Waals surface area contributed by atoms with E-state index < -0.39 is 36.1 Å². The van der Waals surface area contributed by atoms with Crippen LogP contribution >= 0.6 is 0 Å². The van der Waals surface area contributed by atoms with Crippen molar-refractivity contribution in [1.29, 1.82) is 5.26 Å². The van der Waals surface area contributed by atoms with Crippen LogP contribution in [0.4, 0.5) is 18.9 Å². The number of amides is 1. The number of ether oxygens (including phenoxy) is 3. The van der Waals surface area contributed by atoms with Crippen LogP contribution in [0.5, 0.6) is 17.2 Å². The maximum absolute atomic E-state index is 13.8. The fourth-order valence-electron chi connectivity index (χ4n) is 4.47. The number of anilines is 1. The summed E-state index contributed by atoms with van der Waals surface area (Å²) in [4.78, 5) is 35.4. The largest absolute Gasteiger partial charge is 0.508 e. The Labute approximate surface area is 267 Å². The number of methoxy groups -OCH3 is 3. The molecule has 0 aliphatic heterocycles. The molecule has 0 aliphatic rings. The molecule has 0 spiro atoms. The van der Waals surface area contributed by atoms with Gasteiger partial charge >= 0.3 is 18.1 Å². The molecule has 4 aromatic rings. The number of aliphatic carboxylic acids is 1. The number of esters is 1. The van der Waals surface area contributed by atoms with E-state index in [1.54, 1.807) is 43.5 Å². The fraction of sp³-hybridized carbons (Fsp3) is 0.212. The van der Waals surface area contributed by atoms with E-state index in [1.165, 1.54) is 26.4 Å². The number of phenols is 1. The highest BCUT2D eigenvalue weighted by Crippen LogP contribution is 2.30. The number of halogens is 3. The summed E-state index contributed by atoms with van der Waals surface area (Å²) in [6.45, 7) is 0. The Hall–Kier alpha value is -5.97. The van der Waals surface area contributed by atoms with Gasteiger partial charge in [-0.25, -0.2) is 9.59 Å². The van der Waals surface area contributed by atoms with Crippen LogP contribution in [0.2, 0.25) is 0 Å². The number of alkyl halides is 3. The second-order valence-corrected chi connectivity index (χ2v) is 9.77. The standard InChI is InChI=1S/C31H29N3O6.C2HF3O2/c1-38-27-15-8-19(17-28(27)39-2)16-26(33-25-14-11-21(18-32)23-6-4-5-7-24(23)25)30(36)34-29(31(37)40-3)20-9-12-22(35)13-10-20;3-2(4,5)1(6)7/h4-15,17,26,29,33,35H,16H2,1-3H3,(H,34,36);(H,6,7)/t26-,29-;/m0./s1. The number of hydrogen-bond donors (Lipinski definition) is 4. The molecule has 0 aromatic heterocycles. The number of rotatable bonds is 10. The van der Waals surface area contributed by atoms with Crippen LogP contribution in [0.15, 0.2) is 78.9 Å². The predicted molar refractivity (Wildman–Crippen MR) is 164 cm³/mol. The molecule has 0 aliphatic carbocycles. The summed E-state index contributed by atoms with van der Waals surface area (Å²) in [6, 6.07) is 22.5. The summed E-state index contributed by atoms with van der Waals surface area (Å²) >= 11 is 0. The van der Waals surface area contributed by atoms with E-state index in [4.69, 9.17) is 24.1 Å². The quantitative estimate of drug-likeness (QED) is 0.169. The minimum absolute atomic E-state index is 0.0272. The molecule has 246 valence electrons. The highest BCUT2D eigenvalue weighted by Gasteiger charge is 2.38. The van der Waals surface area contributed by atoms with Crippen molar-refractivity contribution in [1.82, 2.24) is 5.32 Å². The van der Waals surface area contributed by atoms with Gasteiger partial charge in [-0.15, -0.1) is 0 Å². The lowest BCUT2D eigenvalue weighted by Gasteiger charge is -2.24. The molecule has 14 heteroatoms. The van der Waals surface area contributed by atoms with Gasteiger partial charge in [-0.1, -0.05) is 42.5 Å². The first-order valence-electron chi connectivity index (χ1n) is 13.7. The van der Waals surface area contributed by atoms with Crippen LogP contribution in [0, 0.1) is 11.3 Å². The van der Waals surface area contributed by atoms with Crippen molar-refractivity contribution in [2.24, 2.45) is 0 Å². The Morgan fingerprint density at radius 1 is 0.894 bits per heavy atom. The van der Waals surface area contributed by atoms with E-state index in [2.05, 4.69) is 16.7 Å². The van der Waals surface area contributed by atoms with Crippen molar-refractivity contribution < 1.29 is 52.0 Å². The zero-order valence-electron chi connectivity index (χ0n) is 25.3. The second kappa shape index (κ2) is 15.8. The Bertz CT molecular complexity index is 1770. The van der Waals surface area contributed by atoms with Crippen LogP contribution < -0.4 is 20.1 Å². The van der Waals surface area contributed by atoms with Gasteiger partial charge < -0.3 is 35.1 Å². The van der Waals surface area contributed by atoms with Gasteiger partial charge in [-0.3, -0.25) is 4.79 Å². The van der Waals surface area contributed by atoms with Crippen molar-refractivity contribution >= 4 is 34.3 Å². The number of nitrogens with zero attached hydrogens (tertiary/aromatic N) is 1. The molecule has 0 unspecified atom stereocenters. The number of carbonyl (C=O) groups is 3. The van der Waals surface area contributed by atoms with Crippen LogP contribution in [0.25, 0.3) is 10.8 Å². The average molecular weight is 654 g/mol. The Balaban J connectivity index is 0.000000771. The maximum Gasteiger partial charge on any atom is 0.490 e. The van der Waals surface area contributed by atoms with Crippen molar-refractivity contribution in [2.75, 3.05) is 26.6 Å². The molecule has 0 saturated carbocycles.